The molecule has 2 nitrogen and oxygen atoms in total. The van der Waals surface area contributed by atoms with Gasteiger partial charge in [0.05, 0.1) is 0 Å². The summed E-state index contributed by atoms with van der Waals surface area (Å²) in [6.45, 7) is 2.34. The fraction of sp³-hybridized carbons (Fsp3) is 0.786. The fourth-order valence-corrected chi connectivity index (χ4v) is 4.34. The molecule has 5 unspecified atom stereocenters. The van der Waals surface area contributed by atoms with Gasteiger partial charge in [-0.05, 0) is 43.6 Å². The first-order valence-corrected chi connectivity index (χ1v) is 7.21. The number of carbonyl (C=O) groups is 1. The van der Waals surface area contributed by atoms with E-state index >= 15 is 0 Å². The normalized spacial score (nSPS) is 45.4. The lowest BCUT2D eigenvalue weighted by Crippen LogP contribution is -2.55. The minimum atomic E-state index is 0.294. The number of halogens is 1. The smallest absolute Gasteiger partial charge is 0.159 e. The fourth-order valence-electron chi connectivity index (χ4n) is 4.00. The van der Waals surface area contributed by atoms with E-state index in [-0.39, 0.29) is 0 Å². The van der Waals surface area contributed by atoms with Crippen molar-refractivity contribution in [3.8, 4) is 0 Å². The summed E-state index contributed by atoms with van der Waals surface area (Å²) in [7, 11) is 0. The molecule has 3 aliphatic rings. The molecule has 0 bridgehead atoms. The Morgan fingerprint density at radius 1 is 1.35 bits per heavy atom. The highest BCUT2D eigenvalue weighted by Crippen LogP contribution is 2.44. The highest BCUT2D eigenvalue weighted by Gasteiger charge is 2.43. The topological polar surface area (TPSA) is 20.3 Å². The van der Waals surface area contributed by atoms with Crippen LogP contribution in [0, 0.1) is 11.8 Å². The van der Waals surface area contributed by atoms with Crippen LogP contribution in [-0.2, 0) is 4.79 Å². The Kier molecular flexibility index (Phi) is 2.94. The lowest BCUT2D eigenvalue weighted by Gasteiger charge is -2.52. The molecular formula is C14H20ClNO. The van der Waals surface area contributed by atoms with E-state index < -0.39 is 0 Å². The number of nitrogens with zero attached hydrogens (tertiary/aromatic N) is 1. The largest absolute Gasteiger partial charge is 0.371 e. The maximum Gasteiger partial charge on any atom is 0.159 e. The number of fused-ring (bicyclic) bond motifs is 3. The van der Waals surface area contributed by atoms with Gasteiger partial charge in [-0.25, -0.2) is 0 Å². The molecule has 0 aromatic carbocycles. The highest BCUT2D eigenvalue weighted by molar-refractivity contribution is 6.20. The molecule has 2 fully saturated rings. The zero-order valence-corrected chi connectivity index (χ0v) is 11.1. The van der Waals surface area contributed by atoms with Crippen molar-refractivity contribution in [3.63, 3.8) is 0 Å². The van der Waals surface area contributed by atoms with Crippen LogP contribution in [0.25, 0.3) is 0 Å². The Labute approximate surface area is 108 Å². The molecule has 1 aliphatic carbocycles. The predicted octanol–water partition coefficient (Wildman–Crippen LogP) is 2.96. The third-order valence-electron chi connectivity index (χ3n) is 4.85. The summed E-state index contributed by atoms with van der Waals surface area (Å²) in [6, 6.07) is 1.08. The Hall–Kier alpha value is -0.500. The molecule has 0 radical (unpaired) electrons. The highest BCUT2D eigenvalue weighted by atomic mass is 35.5. The first kappa shape index (κ1) is 11.6. The van der Waals surface area contributed by atoms with E-state index in [0.717, 1.165) is 25.2 Å². The third kappa shape index (κ3) is 2.01. The number of piperidine rings is 1. The number of hydrogen-bond acceptors (Lipinski definition) is 2. The number of alkyl halides is 1. The van der Waals surface area contributed by atoms with E-state index in [0.29, 0.717) is 35.6 Å². The summed E-state index contributed by atoms with van der Waals surface area (Å²) >= 11 is 6.31. The standard InChI is InChI=1S/C14H20ClNO/c1-9-6-11-8-12(17)4-5-16(11)14-3-2-10(15)7-13(9)14/h4-5,9-11,13-14H,2-3,6-8H2,1H3. The summed E-state index contributed by atoms with van der Waals surface area (Å²) < 4.78 is 0. The predicted molar refractivity (Wildman–Crippen MR) is 68.9 cm³/mol. The maximum atomic E-state index is 11.5. The van der Waals surface area contributed by atoms with Crippen LogP contribution in [0.4, 0.5) is 0 Å². The van der Waals surface area contributed by atoms with Crippen LogP contribution in [0.2, 0.25) is 0 Å². The molecule has 0 spiro atoms. The summed E-state index contributed by atoms with van der Waals surface area (Å²) in [6.07, 6.45) is 9.15. The number of rotatable bonds is 0. The van der Waals surface area contributed by atoms with Crippen molar-refractivity contribution in [2.75, 3.05) is 0 Å². The molecule has 94 valence electrons. The van der Waals surface area contributed by atoms with Gasteiger partial charge in [-0.15, -0.1) is 11.6 Å². The monoisotopic (exact) mass is 253 g/mol. The number of ketones is 1. The van der Waals surface area contributed by atoms with Gasteiger partial charge >= 0.3 is 0 Å². The minimum Gasteiger partial charge on any atom is -0.371 e. The second-order valence-electron chi connectivity index (χ2n) is 5.94. The van der Waals surface area contributed by atoms with Gasteiger partial charge in [0.2, 0.25) is 0 Å². The van der Waals surface area contributed by atoms with E-state index in [1.807, 2.05) is 0 Å². The average Bonchev–Trinajstić information content (AvgIpc) is 2.29. The molecule has 1 saturated carbocycles. The van der Waals surface area contributed by atoms with Crippen molar-refractivity contribution in [2.45, 2.75) is 56.5 Å². The Morgan fingerprint density at radius 3 is 3.00 bits per heavy atom. The van der Waals surface area contributed by atoms with E-state index in [9.17, 15) is 4.79 Å². The average molecular weight is 254 g/mol. The molecule has 0 aromatic heterocycles. The van der Waals surface area contributed by atoms with Crippen molar-refractivity contribution < 1.29 is 4.79 Å². The number of carbonyl (C=O) groups excluding carboxylic acids is 1. The zero-order valence-electron chi connectivity index (χ0n) is 10.3. The molecule has 5 atom stereocenters. The van der Waals surface area contributed by atoms with Crippen LogP contribution in [0.1, 0.15) is 39.0 Å². The Bertz CT molecular complexity index is 354. The van der Waals surface area contributed by atoms with Gasteiger partial charge in [-0.3, -0.25) is 4.79 Å². The molecule has 3 heteroatoms. The van der Waals surface area contributed by atoms with Crippen LogP contribution < -0.4 is 0 Å². The van der Waals surface area contributed by atoms with Gasteiger partial charge in [0.25, 0.3) is 0 Å². The van der Waals surface area contributed by atoms with Crippen LogP contribution in [0.5, 0.6) is 0 Å². The number of allylic oxidation sites excluding steroid dienone is 1. The van der Waals surface area contributed by atoms with E-state index in [4.69, 9.17) is 11.6 Å². The van der Waals surface area contributed by atoms with Crippen molar-refractivity contribution in [2.24, 2.45) is 11.8 Å². The van der Waals surface area contributed by atoms with Crippen molar-refractivity contribution >= 4 is 17.4 Å². The first-order valence-electron chi connectivity index (χ1n) is 6.77. The third-order valence-corrected chi connectivity index (χ3v) is 5.24. The van der Waals surface area contributed by atoms with Gasteiger partial charge in [0.1, 0.15) is 0 Å². The molecule has 0 amide bonds. The number of hydrogen-bond donors (Lipinski definition) is 0. The quantitative estimate of drug-likeness (QED) is 0.619. The zero-order chi connectivity index (χ0) is 12.0. The van der Waals surface area contributed by atoms with Crippen molar-refractivity contribution in [3.05, 3.63) is 12.3 Å². The van der Waals surface area contributed by atoms with Gasteiger partial charge < -0.3 is 4.90 Å². The van der Waals surface area contributed by atoms with E-state index in [2.05, 4.69) is 18.0 Å². The molecule has 3 rings (SSSR count). The second kappa shape index (κ2) is 4.31. The lowest BCUT2D eigenvalue weighted by molar-refractivity contribution is -0.118. The van der Waals surface area contributed by atoms with Crippen molar-refractivity contribution in [1.82, 2.24) is 4.90 Å². The molecule has 0 N–H and O–H groups in total. The Morgan fingerprint density at radius 2 is 2.18 bits per heavy atom. The minimum absolute atomic E-state index is 0.294. The molecular weight excluding hydrogens is 234 g/mol. The van der Waals surface area contributed by atoms with Crippen molar-refractivity contribution in [1.29, 1.82) is 0 Å². The second-order valence-corrected chi connectivity index (χ2v) is 6.56. The molecule has 17 heavy (non-hydrogen) atoms. The summed E-state index contributed by atoms with van der Waals surface area (Å²) in [5, 5.41) is 0.366. The molecule has 0 aromatic rings. The van der Waals surface area contributed by atoms with E-state index in [1.54, 1.807) is 6.08 Å². The first-order chi connectivity index (χ1) is 8.15. The molecule has 2 heterocycles. The lowest BCUT2D eigenvalue weighted by atomic mass is 9.69. The molecule has 2 aliphatic heterocycles. The van der Waals surface area contributed by atoms with Gasteiger partial charge in [-0.1, -0.05) is 6.92 Å². The summed E-state index contributed by atoms with van der Waals surface area (Å²) in [4.78, 5) is 14.0. The SMILES string of the molecule is CC1CC2CC(=O)C=CN2C2CCC(Cl)CC12. The summed E-state index contributed by atoms with van der Waals surface area (Å²) in [5.41, 5.74) is 0. The Balaban J connectivity index is 1.84. The summed E-state index contributed by atoms with van der Waals surface area (Å²) in [5.74, 6) is 1.73. The van der Waals surface area contributed by atoms with Gasteiger partial charge in [-0.2, -0.15) is 0 Å². The van der Waals surface area contributed by atoms with Crippen LogP contribution >= 0.6 is 11.6 Å². The van der Waals surface area contributed by atoms with Gasteiger partial charge in [0, 0.05) is 30.1 Å². The van der Waals surface area contributed by atoms with Crippen LogP contribution in [-0.4, -0.2) is 28.1 Å². The van der Waals surface area contributed by atoms with E-state index in [1.165, 1.54) is 6.42 Å². The van der Waals surface area contributed by atoms with Gasteiger partial charge in [0.15, 0.2) is 5.78 Å². The van der Waals surface area contributed by atoms with Crippen LogP contribution in [0.3, 0.4) is 0 Å². The maximum absolute atomic E-state index is 11.5. The molecule has 1 saturated heterocycles. The van der Waals surface area contributed by atoms with Crippen LogP contribution in [0.15, 0.2) is 12.3 Å².